The summed E-state index contributed by atoms with van der Waals surface area (Å²) in [6.45, 7) is 1.35. The molecule has 0 rings (SSSR count). The third-order valence-corrected chi connectivity index (χ3v) is 3.41. The zero-order valence-corrected chi connectivity index (χ0v) is 18.0. The molecule has 0 spiro atoms. The quantitative estimate of drug-likeness (QED) is 0.153. The summed E-state index contributed by atoms with van der Waals surface area (Å²) in [5.41, 5.74) is -0.667. The lowest BCUT2D eigenvalue weighted by Gasteiger charge is -2.24. The molecule has 0 amide bonds. The van der Waals surface area contributed by atoms with E-state index < -0.39 is 41.2 Å². The maximum atomic E-state index is 9.64. The molecule has 0 aliphatic heterocycles. The summed E-state index contributed by atoms with van der Waals surface area (Å²) in [6, 6.07) is 0. The maximum absolute atomic E-state index is 9.64. The molecule has 0 aromatic carbocycles. The van der Waals surface area contributed by atoms with Crippen molar-refractivity contribution in [3.8, 4) is 0 Å². The second-order valence-electron chi connectivity index (χ2n) is 6.19. The minimum atomic E-state index is -1.08. The number of carbonyl (C=O) groups is 6. The Kier molecular flexibility index (Phi) is 26.2. The zero-order chi connectivity index (χ0) is 27.0. The Morgan fingerprint density at radius 1 is 0.455 bits per heavy atom. The smallest absolute Gasteiger partial charge is 0.303 e. The van der Waals surface area contributed by atoms with E-state index in [0.717, 1.165) is 0 Å². The topological polar surface area (TPSA) is 284 Å². The minimum Gasteiger partial charge on any atom is -0.481 e. The summed E-state index contributed by atoms with van der Waals surface area (Å²) < 4.78 is 0. The van der Waals surface area contributed by atoms with Crippen molar-refractivity contribution in [2.24, 2.45) is 5.41 Å². The second kappa shape index (κ2) is 23.4. The molecule has 0 aromatic heterocycles. The van der Waals surface area contributed by atoms with Gasteiger partial charge in [0.05, 0.1) is 58.3 Å². The van der Waals surface area contributed by atoms with Crippen molar-refractivity contribution in [2.45, 2.75) is 51.9 Å². The Bertz CT molecular complexity index is 470. The van der Waals surface area contributed by atoms with Crippen LogP contribution in [-0.2, 0) is 28.8 Å². The second-order valence-corrected chi connectivity index (χ2v) is 6.19. The average molecular weight is 488 g/mol. The van der Waals surface area contributed by atoms with Crippen LogP contribution in [0, 0.1) is 5.41 Å². The van der Waals surface area contributed by atoms with Crippen molar-refractivity contribution in [1.29, 1.82) is 0 Å². The molecule has 15 nitrogen and oxygen atoms in total. The van der Waals surface area contributed by atoms with E-state index in [-0.39, 0.29) is 58.3 Å². The fraction of sp³-hybridized carbons (Fsp3) is 0.667. The van der Waals surface area contributed by atoms with Crippen molar-refractivity contribution in [3.05, 3.63) is 0 Å². The van der Waals surface area contributed by atoms with Crippen LogP contribution in [0.5, 0.6) is 0 Å². The number of carboxylic acid groups (broad SMARTS) is 6. The predicted octanol–water partition coefficient (Wildman–Crippen LogP) is -0.833. The molecule has 0 saturated heterocycles. The van der Waals surface area contributed by atoms with Gasteiger partial charge in [0.1, 0.15) is 0 Å². The van der Waals surface area contributed by atoms with E-state index in [0.29, 0.717) is 6.42 Å². The molecule has 0 aliphatic carbocycles. The van der Waals surface area contributed by atoms with Crippen LogP contribution >= 0.6 is 0 Å². The van der Waals surface area contributed by atoms with E-state index >= 15 is 0 Å². The fourth-order valence-corrected chi connectivity index (χ4v) is 1.13. The van der Waals surface area contributed by atoms with E-state index in [4.69, 9.17) is 46.0 Å². The van der Waals surface area contributed by atoms with Crippen molar-refractivity contribution >= 4 is 35.8 Å². The number of carboxylic acids is 6. The van der Waals surface area contributed by atoms with Crippen LogP contribution in [0.4, 0.5) is 0 Å². The maximum Gasteiger partial charge on any atom is 0.303 e. The van der Waals surface area contributed by atoms with Crippen molar-refractivity contribution in [1.82, 2.24) is 0 Å². The van der Waals surface area contributed by atoms with Gasteiger partial charge in [0, 0.05) is 5.41 Å². The largest absolute Gasteiger partial charge is 0.481 e. The van der Waals surface area contributed by atoms with Crippen LogP contribution in [-0.4, -0.2) is 102 Å². The van der Waals surface area contributed by atoms with Gasteiger partial charge in [-0.15, -0.1) is 0 Å². The molecule has 9 N–H and O–H groups in total. The summed E-state index contributed by atoms with van der Waals surface area (Å²) in [4.78, 5) is 57.8. The number of rotatable bonds is 13. The number of aliphatic hydroxyl groups is 3. The molecule has 0 bridgehead atoms. The Balaban J connectivity index is -0.000000170. The molecular weight excluding hydrogens is 456 g/mol. The SMILES string of the molecule is CCC(CO)(CO)CO.O=C(O)CCC(=O)O.O=C(O)CCC(=O)O.O=C(O)CCC(=O)O. The van der Waals surface area contributed by atoms with Gasteiger partial charge in [-0.2, -0.15) is 0 Å². The molecule has 0 atom stereocenters. The first-order valence-electron chi connectivity index (χ1n) is 9.26. The minimum absolute atomic E-state index is 0.156. The van der Waals surface area contributed by atoms with Gasteiger partial charge in [0.25, 0.3) is 0 Å². The first-order chi connectivity index (χ1) is 15.1. The van der Waals surface area contributed by atoms with Crippen LogP contribution in [0.2, 0.25) is 0 Å². The van der Waals surface area contributed by atoms with Gasteiger partial charge in [-0.05, 0) is 6.42 Å². The van der Waals surface area contributed by atoms with Gasteiger partial charge in [-0.3, -0.25) is 28.8 Å². The number of aliphatic carboxylic acids is 6. The normalized spacial score (nSPS) is 9.45. The summed E-state index contributed by atoms with van der Waals surface area (Å²) in [5.74, 6) is -6.46. The first kappa shape index (κ1) is 37.0. The first-order valence-corrected chi connectivity index (χ1v) is 9.26. The Morgan fingerprint density at radius 3 is 0.636 bits per heavy atom. The Hall–Kier alpha value is -3.30. The lowest BCUT2D eigenvalue weighted by Crippen LogP contribution is -2.32. The van der Waals surface area contributed by atoms with Gasteiger partial charge in [-0.1, -0.05) is 6.92 Å². The summed E-state index contributed by atoms with van der Waals surface area (Å²) in [5, 5.41) is 73.4. The molecule has 0 heterocycles. The monoisotopic (exact) mass is 488 g/mol. The van der Waals surface area contributed by atoms with Crippen molar-refractivity contribution in [3.63, 3.8) is 0 Å². The lowest BCUT2D eigenvalue weighted by atomic mass is 9.88. The summed E-state index contributed by atoms with van der Waals surface area (Å²) in [6.07, 6.45) is -1.18. The molecular formula is C18H32O15. The molecule has 0 radical (unpaired) electrons. The van der Waals surface area contributed by atoms with E-state index in [2.05, 4.69) is 0 Å². The fourth-order valence-electron chi connectivity index (χ4n) is 1.13. The highest BCUT2D eigenvalue weighted by molar-refractivity contribution is 5.76. The van der Waals surface area contributed by atoms with Crippen LogP contribution in [0.1, 0.15) is 51.9 Å². The molecule has 0 aromatic rings. The van der Waals surface area contributed by atoms with E-state index in [1.54, 1.807) is 0 Å². The predicted molar refractivity (Wildman–Crippen MR) is 107 cm³/mol. The number of hydrogen-bond donors (Lipinski definition) is 9. The van der Waals surface area contributed by atoms with Gasteiger partial charge in [0.2, 0.25) is 0 Å². The summed E-state index contributed by atoms with van der Waals surface area (Å²) >= 11 is 0. The molecule has 0 unspecified atom stereocenters. The van der Waals surface area contributed by atoms with E-state index in [1.807, 2.05) is 6.92 Å². The third-order valence-electron chi connectivity index (χ3n) is 3.41. The van der Waals surface area contributed by atoms with Gasteiger partial charge >= 0.3 is 35.8 Å². The molecule has 15 heteroatoms. The molecule has 0 saturated carbocycles. The van der Waals surface area contributed by atoms with Gasteiger partial charge in [0.15, 0.2) is 0 Å². The van der Waals surface area contributed by atoms with Crippen LogP contribution in [0.25, 0.3) is 0 Å². The third kappa shape index (κ3) is 36.4. The van der Waals surface area contributed by atoms with E-state index in [9.17, 15) is 28.8 Å². The molecule has 33 heavy (non-hydrogen) atoms. The number of aliphatic hydroxyl groups excluding tert-OH is 3. The Labute approximate surface area is 188 Å². The zero-order valence-electron chi connectivity index (χ0n) is 18.0. The van der Waals surface area contributed by atoms with Crippen LogP contribution in [0.15, 0.2) is 0 Å². The molecule has 0 fully saturated rings. The van der Waals surface area contributed by atoms with Crippen molar-refractivity contribution < 1.29 is 74.7 Å². The molecule has 0 aliphatic rings. The lowest BCUT2D eigenvalue weighted by molar-refractivity contribution is -0.143. The standard InChI is InChI=1S/C6H14O3.3C4H6O4/c1-2-6(3-7,4-8)5-9;3*5-3(6)1-2-4(7)8/h7-9H,2-5H2,1H3;3*1-2H2,(H,5,6)(H,7,8). The number of hydrogen-bond acceptors (Lipinski definition) is 9. The van der Waals surface area contributed by atoms with Gasteiger partial charge in [-0.25, -0.2) is 0 Å². The highest BCUT2D eigenvalue weighted by Crippen LogP contribution is 2.18. The van der Waals surface area contributed by atoms with Crippen LogP contribution in [0.3, 0.4) is 0 Å². The highest BCUT2D eigenvalue weighted by atomic mass is 16.4. The van der Waals surface area contributed by atoms with E-state index in [1.165, 1.54) is 0 Å². The van der Waals surface area contributed by atoms with Gasteiger partial charge < -0.3 is 46.0 Å². The van der Waals surface area contributed by atoms with Crippen molar-refractivity contribution in [2.75, 3.05) is 19.8 Å². The van der Waals surface area contributed by atoms with Crippen LogP contribution < -0.4 is 0 Å². The highest BCUT2D eigenvalue weighted by Gasteiger charge is 2.24. The Morgan fingerprint density at radius 2 is 0.606 bits per heavy atom. The summed E-state index contributed by atoms with van der Waals surface area (Å²) in [7, 11) is 0. The molecule has 194 valence electrons. The average Bonchev–Trinajstić information content (AvgIpc) is 2.73.